The van der Waals surface area contributed by atoms with E-state index >= 15 is 0 Å². The number of amides is 1. The number of rotatable bonds is 8. The number of carbonyl (C=O) groups is 2. The molecular formula is C16H21NO6. The Kier molecular flexibility index (Phi) is 4.98. The number of aliphatic carboxylic acids is 1. The minimum absolute atomic E-state index is 0.319. The van der Waals surface area contributed by atoms with Crippen LogP contribution in [0.5, 0.6) is 17.2 Å². The summed E-state index contributed by atoms with van der Waals surface area (Å²) in [5, 5.41) is 11.8. The van der Waals surface area contributed by atoms with Gasteiger partial charge in [-0.2, -0.15) is 0 Å². The third-order valence-corrected chi connectivity index (χ3v) is 4.06. The van der Waals surface area contributed by atoms with Crippen LogP contribution in [-0.4, -0.2) is 44.9 Å². The molecule has 2 N–H and O–H groups in total. The van der Waals surface area contributed by atoms with Gasteiger partial charge in [0.05, 0.1) is 21.3 Å². The number of carboxylic acids is 1. The summed E-state index contributed by atoms with van der Waals surface area (Å²) in [6.45, 7) is 0.319. The molecule has 1 fully saturated rings. The third-order valence-electron chi connectivity index (χ3n) is 4.06. The van der Waals surface area contributed by atoms with Crippen molar-refractivity contribution in [1.29, 1.82) is 0 Å². The number of benzene rings is 1. The topological polar surface area (TPSA) is 94.1 Å². The first kappa shape index (κ1) is 16.9. The molecule has 1 amide bonds. The number of carbonyl (C=O) groups excluding carboxylic acids is 1. The molecule has 2 rings (SSSR count). The Morgan fingerprint density at radius 2 is 1.78 bits per heavy atom. The second-order valence-corrected chi connectivity index (χ2v) is 5.39. The first-order valence-electron chi connectivity index (χ1n) is 7.29. The van der Waals surface area contributed by atoms with Gasteiger partial charge in [0.15, 0.2) is 11.5 Å². The molecule has 23 heavy (non-hydrogen) atoms. The number of hydrogen-bond acceptors (Lipinski definition) is 5. The molecule has 0 aromatic heterocycles. The molecule has 0 spiro atoms. The van der Waals surface area contributed by atoms with Crippen LogP contribution in [0.1, 0.15) is 18.4 Å². The maximum Gasteiger partial charge on any atom is 0.319 e. The van der Waals surface area contributed by atoms with E-state index in [0.29, 0.717) is 43.1 Å². The highest BCUT2D eigenvalue weighted by atomic mass is 16.5. The van der Waals surface area contributed by atoms with E-state index < -0.39 is 17.3 Å². The van der Waals surface area contributed by atoms with Gasteiger partial charge < -0.3 is 24.6 Å². The van der Waals surface area contributed by atoms with Crippen LogP contribution >= 0.6 is 0 Å². The molecule has 0 atom stereocenters. The number of methoxy groups -OCH3 is 3. The lowest BCUT2D eigenvalue weighted by Crippen LogP contribution is -2.37. The number of hydrogen-bond donors (Lipinski definition) is 2. The monoisotopic (exact) mass is 323 g/mol. The summed E-state index contributed by atoms with van der Waals surface area (Å²) >= 11 is 0. The van der Waals surface area contributed by atoms with Crippen molar-refractivity contribution in [3.05, 3.63) is 17.7 Å². The summed E-state index contributed by atoms with van der Waals surface area (Å²) in [4.78, 5) is 23.1. The van der Waals surface area contributed by atoms with Gasteiger partial charge in [0.25, 0.3) is 0 Å². The van der Waals surface area contributed by atoms with Gasteiger partial charge in [-0.1, -0.05) is 6.07 Å². The van der Waals surface area contributed by atoms with Crippen molar-refractivity contribution < 1.29 is 28.9 Å². The van der Waals surface area contributed by atoms with E-state index in [-0.39, 0.29) is 0 Å². The number of nitrogens with one attached hydrogen (secondary N) is 1. The molecule has 0 aliphatic heterocycles. The summed E-state index contributed by atoms with van der Waals surface area (Å²) < 4.78 is 15.9. The summed E-state index contributed by atoms with van der Waals surface area (Å²) in [6.07, 6.45) is 1.28. The predicted octanol–water partition coefficient (Wildman–Crippen LogP) is 1.24. The Morgan fingerprint density at radius 1 is 1.13 bits per heavy atom. The highest BCUT2D eigenvalue weighted by Crippen LogP contribution is 2.46. The van der Waals surface area contributed by atoms with E-state index in [1.54, 1.807) is 6.07 Å². The highest BCUT2D eigenvalue weighted by molar-refractivity contribution is 6.04. The van der Waals surface area contributed by atoms with Crippen LogP contribution in [0, 0.1) is 5.41 Å². The Bertz CT molecular complexity index is 609. The molecule has 0 radical (unpaired) electrons. The molecular weight excluding hydrogens is 302 g/mol. The average Bonchev–Trinajstić information content (AvgIpc) is 3.35. The zero-order chi connectivity index (χ0) is 17.0. The Labute approximate surface area is 134 Å². The molecule has 1 aliphatic carbocycles. The normalized spacial score (nSPS) is 14.7. The first-order chi connectivity index (χ1) is 11.0. The largest absolute Gasteiger partial charge is 0.493 e. The van der Waals surface area contributed by atoms with Crippen molar-refractivity contribution >= 4 is 11.9 Å². The number of carboxylic acid groups (broad SMARTS) is 1. The fourth-order valence-corrected chi connectivity index (χ4v) is 2.50. The highest BCUT2D eigenvalue weighted by Gasteiger charge is 2.56. The minimum Gasteiger partial charge on any atom is -0.493 e. The van der Waals surface area contributed by atoms with Crippen molar-refractivity contribution in [2.24, 2.45) is 5.41 Å². The fourth-order valence-electron chi connectivity index (χ4n) is 2.50. The van der Waals surface area contributed by atoms with Crippen molar-refractivity contribution in [2.45, 2.75) is 19.3 Å². The standard InChI is InChI=1S/C16H21NO6/c1-21-11-5-4-10(12(22-2)13(11)23-3)6-9-17-14(18)16(7-8-16)15(19)20/h4-5H,6-9H2,1-3H3,(H,17,18)(H,19,20). The van der Waals surface area contributed by atoms with Gasteiger partial charge in [0.2, 0.25) is 11.7 Å². The van der Waals surface area contributed by atoms with E-state index in [1.165, 1.54) is 21.3 Å². The van der Waals surface area contributed by atoms with Gasteiger partial charge in [-0.25, -0.2) is 0 Å². The molecule has 0 unspecified atom stereocenters. The van der Waals surface area contributed by atoms with E-state index in [0.717, 1.165) is 5.56 Å². The molecule has 0 heterocycles. The second kappa shape index (κ2) is 6.76. The average molecular weight is 323 g/mol. The van der Waals surface area contributed by atoms with Gasteiger partial charge in [0.1, 0.15) is 5.41 Å². The zero-order valence-electron chi connectivity index (χ0n) is 13.5. The van der Waals surface area contributed by atoms with Crippen LogP contribution < -0.4 is 19.5 Å². The van der Waals surface area contributed by atoms with E-state index in [2.05, 4.69) is 5.32 Å². The summed E-state index contributed by atoms with van der Waals surface area (Å²) in [5.74, 6) is 0.103. The Morgan fingerprint density at radius 3 is 2.26 bits per heavy atom. The van der Waals surface area contributed by atoms with Crippen LogP contribution in [0.4, 0.5) is 0 Å². The molecule has 1 aromatic carbocycles. The Balaban J connectivity index is 2.04. The van der Waals surface area contributed by atoms with E-state index in [4.69, 9.17) is 19.3 Å². The van der Waals surface area contributed by atoms with Gasteiger partial charge in [-0.05, 0) is 25.3 Å². The zero-order valence-corrected chi connectivity index (χ0v) is 13.5. The van der Waals surface area contributed by atoms with Gasteiger partial charge in [-0.3, -0.25) is 9.59 Å². The van der Waals surface area contributed by atoms with Crippen LogP contribution in [0.15, 0.2) is 12.1 Å². The van der Waals surface area contributed by atoms with Gasteiger partial charge in [0, 0.05) is 12.1 Å². The molecule has 1 saturated carbocycles. The van der Waals surface area contributed by atoms with Crippen molar-refractivity contribution in [3.8, 4) is 17.2 Å². The minimum atomic E-state index is -1.22. The maximum absolute atomic E-state index is 12.0. The Hall–Kier alpha value is -2.44. The van der Waals surface area contributed by atoms with Crippen molar-refractivity contribution in [3.63, 3.8) is 0 Å². The summed E-state index contributed by atoms with van der Waals surface area (Å²) in [5.41, 5.74) is -0.382. The van der Waals surface area contributed by atoms with Crippen LogP contribution in [0.25, 0.3) is 0 Å². The van der Waals surface area contributed by atoms with Gasteiger partial charge in [-0.15, -0.1) is 0 Å². The summed E-state index contributed by atoms with van der Waals surface area (Å²) in [7, 11) is 4.59. The molecule has 1 aliphatic rings. The first-order valence-corrected chi connectivity index (χ1v) is 7.29. The lowest BCUT2D eigenvalue weighted by molar-refractivity contribution is -0.149. The van der Waals surface area contributed by atoms with E-state index in [1.807, 2.05) is 6.07 Å². The smallest absolute Gasteiger partial charge is 0.319 e. The summed E-state index contributed by atoms with van der Waals surface area (Å²) in [6, 6.07) is 3.59. The quantitative estimate of drug-likeness (QED) is 0.699. The number of ether oxygens (including phenoxy) is 3. The maximum atomic E-state index is 12.0. The molecule has 0 bridgehead atoms. The molecule has 7 heteroatoms. The van der Waals surface area contributed by atoms with E-state index in [9.17, 15) is 9.59 Å². The van der Waals surface area contributed by atoms with Crippen LogP contribution in [-0.2, 0) is 16.0 Å². The fraction of sp³-hybridized carbons (Fsp3) is 0.500. The van der Waals surface area contributed by atoms with Crippen molar-refractivity contribution in [1.82, 2.24) is 5.32 Å². The van der Waals surface area contributed by atoms with Crippen LogP contribution in [0.3, 0.4) is 0 Å². The van der Waals surface area contributed by atoms with Gasteiger partial charge >= 0.3 is 5.97 Å². The molecule has 1 aromatic rings. The second-order valence-electron chi connectivity index (χ2n) is 5.39. The SMILES string of the molecule is COc1ccc(CCNC(=O)C2(C(=O)O)CC2)c(OC)c1OC. The third kappa shape index (κ3) is 3.18. The molecule has 7 nitrogen and oxygen atoms in total. The van der Waals surface area contributed by atoms with Crippen LogP contribution in [0.2, 0.25) is 0 Å². The van der Waals surface area contributed by atoms with Crippen molar-refractivity contribution in [2.75, 3.05) is 27.9 Å². The molecule has 126 valence electrons. The lowest BCUT2D eigenvalue weighted by atomic mass is 10.1. The predicted molar refractivity (Wildman–Crippen MR) is 82.1 cm³/mol. The molecule has 0 saturated heterocycles. The lowest BCUT2D eigenvalue weighted by Gasteiger charge is -2.16.